The van der Waals surface area contributed by atoms with E-state index < -0.39 is 18.2 Å². The van der Waals surface area contributed by atoms with Crippen LogP contribution in [0.2, 0.25) is 10.0 Å². The lowest BCUT2D eigenvalue weighted by Crippen LogP contribution is -2.24. The van der Waals surface area contributed by atoms with Crippen LogP contribution in [0.1, 0.15) is 24.5 Å². The SMILES string of the molecule is CCOc1cc(C=NNC(=O)CC(=O)Nc2cccc(Cl)c2Cl)ccc1OCc1ccccc1. The van der Waals surface area contributed by atoms with Gasteiger partial charge in [-0.15, -0.1) is 0 Å². The lowest BCUT2D eigenvalue weighted by molar-refractivity contribution is -0.126. The van der Waals surface area contributed by atoms with Gasteiger partial charge < -0.3 is 14.8 Å². The highest BCUT2D eigenvalue weighted by molar-refractivity contribution is 6.44. The monoisotopic (exact) mass is 499 g/mol. The smallest absolute Gasteiger partial charge is 0.249 e. The van der Waals surface area contributed by atoms with Crippen molar-refractivity contribution in [1.29, 1.82) is 0 Å². The molecule has 0 aromatic heterocycles. The van der Waals surface area contributed by atoms with E-state index in [1.54, 1.807) is 36.4 Å². The Balaban J connectivity index is 1.54. The molecule has 2 N–H and O–H groups in total. The fraction of sp³-hybridized carbons (Fsp3) is 0.160. The van der Waals surface area contributed by atoms with Gasteiger partial charge in [-0.3, -0.25) is 9.59 Å². The number of nitrogens with one attached hydrogen (secondary N) is 2. The van der Waals surface area contributed by atoms with Crippen LogP contribution in [0.25, 0.3) is 0 Å². The second-order valence-corrected chi connectivity index (χ2v) is 7.82. The number of anilines is 1. The highest BCUT2D eigenvalue weighted by Gasteiger charge is 2.12. The van der Waals surface area contributed by atoms with Crippen LogP contribution in [-0.4, -0.2) is 24.6 Å². The molecule has 34 heavy (non-hydrogen) atoms. The molecular weight excluding hydrogens is 477 g/mol. The number of amides is 2. The van der Waals surface area contributed by atoms with Crippen molar-refractivity contribution in [2.45, 2.75) is 20.0 Å². The third-order valence-corrected chi connectivity index (χ3v) is 5.27. The fourth-order valence-corrected chi connectivity index (χ4v) is 3.23. The van der Waals surface area contributed by atoms with E-state index in [0.717, 1.165) is 5.56 Å². The minimum atomic E-state index is -0.584. The molecule has 0 fully saturated rings. The molecule has 0 saturated carbocycles. The molecular formula is C25H23Cl2N3O4. The highest BCUT2D eigenvalue weighted by atomic mass is 35.5. The maximum Gasteiger partial charge on any atom is 0.249 e. The predicted molar refractivity (Wildman–Crippen MR) is 134 cm³/mol. The topological polar surface area (TPSA) is 89.0 Å². The molecule has 0 unspecified atom stereocenters. The van der Waals surface area contributed by atoms with E-state index in [-0.39, 0.29) is 5.02 Å². The number of rotatable bonds is 10. The van der Waals surface area contributed by atoms with Gasteiger partial charge in [0.05, 0.1) is 28.6 Å². The third kappa shape index (κ3) is 7.50. The van der Waals surface area contributed by atoms with Gasteiger partial charge in [0.25, 0.3) is 0 Å². The second-order valence-electron chi connectivity index (χ2n) is 7.03. The van der Waals surface area contributed by atoms with Crippen LogP contribution in [0.15, 0.2) is 71.8 Å². The molecule has 0 heterocycles. The zero-order valence-corrected chi connectivity index (χ0v) is 19.9. The summed E-state index contributed by atoms with van der Waals surface area (Å²) >= 11 is 12.0. The summed E-state index contributed by atoms with van der Waals surface area (Å²) in [5.74, 6) is 0.0323. The summed E-state index contributed by atoms with van der Waals surface area (Å²) in [6.45, 7) is 2.75. The number of ether oxygens (including phenoxy) is 2. The Morgan fingerprint density at radius 1 is 0.941 bits per heavy atom. The lowest BCUT2D eigenvalue weighted by atomic mass is 10.2. The molecule has 9 heteroatoms. The maximum atomic E-state index is 12.1. The largest absolute Gasteiger partial charge is 0.490 e. The Kier molecular flexibility index (Phi) is 9.31. The normalized spacial score (nSPS) is 10.7. The van der Waals surface area contributed by atoms with E-state index in [4.69, 9.17) is 32.7 Å². The molecule has 0 aliphatic heterocycles. The maximum absolute atomic E-state index is 12.1. The minimum Gasteiger partial charge on any atom is -0.490 e. The molecule has 3 aromatic carbocycles. The number of hydrazone groups is 1. The summed E-state index contributed by atoms with van der Waals surface area (Å²) in [6.07, 6.45) is 1.02. The van der Waals surface area contributed by atoms with Gasteiger partial charge >= 0.3 is 0 Å². The van der Waals surface area contributed by atoms with Crippen LogP contribution < -0.4 is 20.2 Å². The molecule has 176 valence electrons. The summed E-state index contributed by atoms with van der Waals surface area (Å²) in [4.78, 5) is 24.1. The van der Waals surface area contributed by atoms with E-state index >= 15 is 0 Å². The molecule has 7 nitrogen and oxygen atoms in total. The molecule has 0 spiro atoms. The van der Waals surface area contributed by atoms with Crippen molar-refractivity contribution in [2.24, 2.45) is 5.10 Å². The van der Waals surface area contributed by atoms with E-state index in [1.807, 2.05) is 37.3 Å². The summed E-state index contributed by atoms with van der Waals surface area (Å²) in [5, 5.41) is 6.96. The summed E-state index contributed by atoms with van der Waals surface area (Å²) in [7, 11) is 0. The average molecular weight is 500 g/mol. The van der Waals surface area contributed by atoms with Crippen molar-refractivity contribution in [1.82, 2.24) is 5.43 Å². The number of nitrogens with zero attached hydrogens (tertiary/aromatic N) is 1. The Morgan fingerprint density at radius 2 is 1.74 bits per heavy atom. The van der Waals surface area contributed by atoms with E-state index in [2.05, 4.69) is 15.8 Å². The zero-order chi connectivity index (χ0) is 24.3. The Labute approximate surface area is 207 Å². The molecule has 3 rings (SSSR count). The van der Waals surface area contributed by atoms with Gasteiger partial charge in [-0.2, -0.15) is 5.10 Å². The number of benzene rings is 3. The Hall–Kier alpha value is -3.55. The number of carbonyl (C=O) groups excluding carboxylic acids is 2. The van der Waals surface area contributed by atoms with Crippen LogP contribution in [-0.2, 0) is 16.2 Å². The van der Waals surface area contributed by atoms with Crippen LogP contribution in [0, 0.1) is 0 Å². The van der Waals surface area contributed by atoms with Gasteiger partial charge in [-0.05, 0) is 48.4 Å². The lowest BCUT2D eigenvalue weighted by Gasteiger charge is -2.12. The summed E-state index contributed by atoms with van der Waals surface area (Å²) < 4.78 is 11.6. The zero-order valence-electron chi connectivity index (χ0n) is 18.4. The van der Waals surface area contributed by atoms with Crippen LogP contribution in [0.5, 0.6) is 11.5 Å². The quantitative estimate of drug-likeness (QED) is 0.220. The first-order valence-corrected chi connectivity index (χ1v) is 11.2. The first kappa shape index (κ1) is 25.1. The molecule has 3 aromatic rings. The second kappa shape index (κ2) is 12.6. The van der Waals surface area contributed by atoms with Crippen molar-refractivity contribution < 1.29 is 19.1 Å². The standard InChI is InChI=1S/C25H23Cl2N3O4/c1-2-33-22-13-18(11-12-21(22)34-16-17-7-4-3-5-8-17)15-28-30-24(32)14-23(31)29-20-10-6-9-19(26)25(20)27/h3-13,15H,2,14,16H2,1H3,(H,29,31)(H,30,32). The molecule has 0 bridgehead atoms. The molecule has 0 radical (unpaired) electrons. The van der Waals surface area contributed by atoms with Crippen molar-refractivity contribution in [3.63, 3.8) is 0 Å². The average Bonchev–Trinajstić information content (AvgIpc) is 2.82. The van der Waals surface area contributed by atoms with E-state index in [9.17, 15) is 9.59 Å². The number of hydrogen-bond acceptors (Lipinski definition) is 5. The van der Waals surface area contributed by atoms with Gasteiger partial charge in [0, 0.05) is 0 Å². The van der Waals surface area contributed by atoms with Crippen molar-refractivity contribution in [3.05, 3.63) is 87.9 Å². The van der Waals surface area contributed by atoms with Gasteiger partial charge in [0.15, 0.2) is 11.5 Å². The number of carbonyl (C=O) groups is 2. The van der Waals surface area contributed by atoms with Crippen molar-refractivity contribution in [2.75, 3.05) is 11.9 Å². The van der Waals surface area contributed by atoms with Crippen LogP contribution in [0.3, 0.4) is 0 Å². The molecule has 0 aliphatic carbocycles. The molecule has 0 aliphatic rings. The summed E-state index contributed by atoms with van der Waals surface area (Å²) in [5.41, 5.74) is 4.38. The van der Waals surface area contributed by atoms with Crippen LogP contribution >= 0.6 is 23.2 Å². The minimum absolute atomic E-state index is 0.206. The molecule has 2 amide bonds. The summed E-state index contributed by atoms with van der Waals surface area (Å²) in [6, 6.07) is 20.0. The number of halogens is 2. The molecule has 0 atom stereocenters. The van der Waals surface area contributed by atoms with Gasteiger partial charge in [-0.1, -0.05) is 59.6 Å². The Bertz CT molecular complexity index is 1170. The predicted octanol–water partition coefficient (Wildman–Crippen LogP) is 5.45. The third-order valence-electron chi connectivity index (χ3n) is 4.45. The van der Waals surface area contributed by atoms with Gasteiger partial charge in [-0.25, -0.2) is 5.43 Å². The fourth-order valence-electron chi connectivity index (χ4n) is 2.89. The van der Waals surface area contributed by atoms with Crippen molar-refractivity contribution >= 4 is 46.9 Å². The Morgan fingerprint density at radius 3 is 2.50 bits per heavy atom. The van der Waals surface area contributed by atoms with E-state index in [0.29, 0.717) is 41.0 Å². The number of hydrogen-bond donors (Lipinski definition) is 2. The van der Waals surface area contributed by atoms with Gasteiger partial charge in [0.2, 0.25) is 11.8 Å². The molecule has 0 saturated heterocycles. The highest BCUT2D eigenvalue weighted by Crippen LogP contribution is 2.30. The first-order valence-electron chi connectivity index (χ1n) is 10.5. The first-order chi connectivity index (χ1) is 16.5. The van der Waals surface area contributed by atoms with E-state index in [1.165, 1.54) is 6.21 Å². The van der Waals surface area contributed by atoms with Crippen molar-refractivity contribution in [3.8, 4) is 11.5 Å². The van der Waals surface area contributed by atoms with Gasteiger partial charge in [0.1, 0.15) is 13.0 Å². The van der Waals surface area contributed by atoms with Crippen LogP contribution in [0.4, 0.5) is 5.69 Å².